The minimum Gasteiger partial charge on any atom is -0.455 e. The monoisotopic (exact) mass is 367 g/mol. The van der Waals surface area contributed by atoms with Crippen LogP contribution < -0.4 is 0 Å². The van der Waals surface area contributed by atoms with Crippen LogP contribution in [-0.4, -0.2) is 20.7 Å². The van der Waals surface area contributed by atoms with E-state index in [1.807, 2.05) is 52.5 Å². The first-order valence-electron chi connectivity index (χ1n) is 7.54. The molecule has 0 spiro atoms. The molecule has 3 aromatic heterocycles. The third-order valence-electron chi connectivity index (χ3n) is 3.51. The van der Waals surface area contributed by atoms with E-state index in [-0.39, 0.29) is 6.61 Å². The number of ether oxygens (including phenoxy) is 1. The van der Waals surface area contributed by atoms with Crippen molar-refractivity contribution < 1.29 is 9.53 Å². The van der Waals surface area contributed by atoms with Gasteiger partial charge in [0.15, 0.2) is 0 Å². The van der Waals surface area contributed by atoms with Crippen LogP contribution in [0.25, 0.3) is 16.3 Å². The van der Waals surface area contributed by atoms with Gasteiger partial charge in [-0.1, -0.05) is 18.2 Å². The van der Waals surface area contributed by atoms with Crippen molar-refractivity contribution in [3.05, 3.63) is 76.2 Å². The van der Waals surface area contributed by atoms with Gasteiger partial charge in [0, 0.05) is 22.5 Å². The Hall–Kier alpha value is -2.77. The van der Waals surface area contributed by atoms with Gasteiger partial charge in [-0.15, -0.1) is 11.3 Å². The fraction of sp³-hybridized carbons (Fsp3) is 0.0556. The van der Waals surface area contributed by atoms with Gasteiger partial charge in [-0.25, -0.2) is 14.5 Å². The molecule has 4 aromatic rings. The van der Waals surface area contributed by atoms with Gasteiger partial charge in [-0.2, -0.15) is 16.4 Å². The zero-order chi connectivity index (χ0) is 17.1. The predicted molar refractivity (Wildman–Crippen MR) is 98.1 cm³/mol. The maximum absolute atomic E-state index is 12.2. The van der Waals surface area contributed by atoms with Gasteiger partial charge in [-0.05, 0) is 23.6 Å². The highest BCUT2D eigenvalue weighted by atomic mass is 32.1. The Kier molecular flexibility index (Phi) is 4.41. The fourth-order valence-corrected chi connectivity index (χ4v) is 3.78. The van der Waals surface area contributed by atoms with Gasteiger partial charge in [0.25, 0.3) is 0 Å². The summed E-state index contributed by atoms with van der Waals surface area (Å²) >= 11 is 3.18. The summed E-state index contributed by atoms with van der Waals surface area (Å²) in [6.45, 7) is 0.149. The van der Waals surface area contributed by atoms with Crippen LogP contribution >= 0.6 is 22.7 Å². The van der Waals surface area contributed by atoms with Gasteiger partial charge >= 0.3 is 5.97 Å². The Morgan fingerprint density at radius 1 is 1.16 bits per heavy atom. The first-order valence-corrected chi connectivity index (χ1v) is 9.36. The second kappa shape index (κ2) is 7.00. The molecule has 0 amide bonds. The maximum atomic E-state index is 12.2. The van der Waals surface area contributed by atoms with Gasteiger partial charge in [-0.3, -0.25) is 0 Å². The van der Waals surface area contributed by atoms with Crippen LogP contribution in [0.15, 0.2) is 64.9 Å². The molecule has 0 aliphatic rings. The molecule has 5 nitrogen and oxygen atoms in total. The number of thiophene rings is 1. The number of esters is 1. The summed E-state index contributed by atoms with van der Waals surface area (Å²) < 4.78 is 7.00. The topological polar surface area (TPSA) is 57.0 Å². The average molecular weight is 367 g/mol. The van der Waals surface area contributed by atoms with Crippen LogP contribution in [0, 0.1) is 0 Å². The molecule has 25 heavy (non-hydrogen) atoms. The van der Waals surface area contributed by atoms with Gasteiger partial charge < -0.3 is 4.74 Å². The van der Waals surface area contributed by atoms with Crippen LogP contribution in [0.1, 0.15) is 16.1 Å². The lowest BCUT2D eigenvalue weighted by atomic mass is 10.3. The summed E-state index contributed by atoms with van der Waals surface area (Å²) in [6.07, 6.45) is 3.17. The first kappa shape index (κ1) is 15.7. The number of rotatable bonds is 5. The lowest BCUT2D eigenvalue weighted by molar-refractivity contribution is 0.0468. The summed E-state index contributed by atoms with van der Waals surface area (Å²) in [5.41, 5.74) is 3.14. The van der Waals surface area contributed by atoms with E-state index < -0.39 is 5.97 Å². The van der Waals surface area contributed by atoms with Crippen LogP contribution in [0.4, 0.5) is 0 Å². The molecule has 0 aliphatic heterocycles. The van der Waals surface area contributed by atoms with Gasteiger partial charge in [0.2, 0.25) is 0 Å². The Balaban J connectivity index is 1.40. The highest BCUT2D eigenvalue weighted by molar-refractivity contribution is 7.14. The van der Waals surface area contributed by atoms with E-state index in [4.69, 9.17) is 4.74 Å². The van der Waals surface area contributed by atoms with Crippen LogP contribution in [0.2, 0.25) is 0 Å². The Labute approximate surface area is 152 Å². The number of aromatic nitrogens is 3. The van der Waals surface area contributed by atoms with E-state index in [0.29, 0.717) is 5.56 Å². The van der Waals surface area contributed by atoms with Crippen molar-refractivity contribution in [2.75, 3.05) is 0 Å². The summed E-state index contributed by atoms with van der Waals surface area (Å²) in [4.78, 5) is 16.7. The molecule has 0 radical (unpaired) electrons. The van der Waals surface area contributed by atoms with Gasteiger partial charge in [0.05, 0.1) is 23.1 Å². The molecule has 1 aromatic carbocycles. The molecule has 0 saturated carbocycles. The van der Waals surface area contributed by atoms with Crippen molar-refractivity contribution >= 4 is 28.6 Å². The van der Waals surface area contributed by atoms with E-state index in [2.05, 4.69) is 10.1 Å². The number of hydrogen-bond donors (Lipinski definition) is 0. The summed E-state index contributed by atoms with van der Waals surface area (Å²) in [7, 11) is 0. The third-order valence-corrected chi connectivity index (χ3v) is 5.13. The zero-order valence-electron chi connectivity index (χ0n) is 13.0. The highest BCUT2D eigenvalue weighted by Gasteiger charge is 2.12. The van der Waals surface area contributed by atoms with Crippen molar-refractivity contribution in [2.24, 2.45) is 0 Å². The average Bonchev–Trinajstić information content (AvgIpc) is 3.41. The molecule has 124 valence electrons. The number of benzene rings is 1. The number of carbonyl (C=O) groups is 1. The van der Waals surface area contributed by atoms with E-state index in [0.717, 1.165) is 22.0 Å². The van der Waals surface area contributed by atoms with E-state index in [1.54, 1.807) is 33.6 Å². The van der Waals surface area contributed by atoms with E-state index in [1.165, 1.54) is 6.20 Å². The maximum Gasteiger partial charge on any atom is 0.341 e. The highest BCUT2D eigenvalue weighted by Crippen LogP contribution is 2.26. The third kappa shape index (κ3) is 3.52. The van der Waals surface area contributed by atoms with Crippen molar-refractivity contribution in [2.45, 2.75) is 6.61 Å². The lowest BCUT2D eigenvalue weighted by Gasteiger charge is -2.01. The molecule has 0 unspecified atom stereocenters. The minimum atomic E-state index is -0.410. The van der Waals surface area contributed by atoms with E-state index in [9.17, 15) is 4.79 Å². The molecule has 0 aliphatic carbocycles. The van der Waals surface area contributed by atoms with Crippen molar-refractivity contribution in [3.8, 4) is 16.3 Å². The molecule has 4 rings (SSSR count). The standard InChI is InChI=1S/C18H13N3O2S2/c22-18(14-8-19-21(9-14)16-4-2-1-3-5-16)23-10-15-12-25-17(20-15)13-6-7-24-11-13/h1-9,11-12H,10H2. The second-order valence-electron chi connectivity index (χ2n) is 5.24. The van der Waals surface area contributed by atoms with Crippen molar-refractivity contribution in [1.29, 1.82) is 0 Å². The molecule has 7 heteroatoms. The predicted octanol–water partition coefficient (Wildman–Crippen LogP) is 4.41. The summed E-state index contributed by atoms with van der Waals surface area (Å²) in [6, 6.07) is 11.6. The smallest absolute Gasteiger partial charge is 0.341 e. The Morgan fingerprint density at radius 2 is 2.04 bits per heavy atom. The van der Waals surface area contributed by atoms with Crippen LogP contribution in [0.5, 0.6) is 0 Å². The molecule has 0 saturated heterocycles. The number of nitrogens with zero attached hydrogens (tertiary/aromatic N) is 3. The normalized spacial score (nSPS) is 10.7. The van der Waals surface area contributed by atoms with Gasteiger partial charge in [0.1, 0.15) is 11.6 Å². The molecule has 0 fully saturated rings. The van der Waals surface area contributed by atoms with E-state index >= 15 is 0 Å². The number of thiazole rings is 1. The Morgan fingerprint density at radius 3 is 2.84 bits per heavy atom. The summed E-state index contributed by atoms with van der Waals surface area (Å²) in [5.74, 6) is -0.410. The summed E-state index contributed by atoms with van der Waals surface area (Å²) in [5, 5.41) is 11.1. The second-order valence-corrected chi connectivity index (χ2v) is 6.88. The van der Waals surface area contributed by atoms with Crippen LogP contribution in [0.3, 0.4) is 0 Å². The number of carbonyl (C=O) groups excluding carboxylic acids is 1. The van der Waals surface area contributed by atoms with Crippen molar-refractivity contribution in [1.82, 2.24) is 14.8 Å². The zero-order valence-corrected chi connectivity index (χ0v) is 14.7. The molecule has 0 atom stereocenters. The Bertz CT molecular complexity index is 975. The molecular formula is C18H13N3O2S2. The SMILES string of the molecule is O=C(OCc1csc(-c2ccsc2)n1)c1cnn(-c2ccccc2)c1. The molecular weight excluding hydrogens is 354 g/mol. The largest absolute Gasteiger partial charge is 0.455 e. The molecule has 0 bridgehead atoms. The number of para-hydroxylation sites is 1. The quantitative estimate of drug-likeness (QED) is 0.490. The van der Waals surface area contributed by atoms with Crippen LogP contribution in [-0.2, 0) is 11.3 Å². The lowest BCUT2D eigenvalue weighted by Crippen LogP contribution is -2.04. The van der Waals surface area contributed by atoms with Crippen molar-refractivity contribution in [3.63, 3.8) is 0 Å². The minimum absolute atomic E-state index is 0.149. The molecule has 0 N–H and O–H groups in total. The number of hydrogen-bond acceptors (Lipinski definition) is 6. The molecule has 3 heterocycles. The fourth-order valence-electron chi connectivity index (χ4n) is 2.26. The first-order chi connectivity index (χ1) is 12.3.